The fourth-order valence-corrected chi connectivity index (χ4v) is 2.51. The molecule has 6 heteroatoms. The maximum atomic E-state index is 12.3. The Morgan fingerprint density at radius 3 is 1.56 bits per heavy atom. The van der Waals surface area contributed by atoms with E-state index >= 15 is 0 Å². The zero-order valence-electron chi connectivity index (χ0n) is 15.1. The van der Waals surface area contributed by atoms with Crippen molar-refractivity contribution in [2.24, 2.45) is 11.8 Å². The van der Waals surface area contributed by atoms with Crippen molar-refractivity contribution >= 4 is 23.9 Å². The van der Waals surface area contributed by atoms with Crippen molar-refractivity contribution in [3.05, 3.63) is 71.8 Å². The highest BCUT2D eigenvalue weighted by Crippen LogP contribution is 2.20. The van der Waals surface area contributed by atoms with E-state index in [1.807, 2.05) is 0 Å². The van der Waals surface area contributed by atoms with Crippen molar-refractivity contribution in [3.8, 4) is 0 Å². The molecule has 0 aromatic heterocycles. The Morgan fingerprint density at radius 1 is 0.741 bits per heavy atom. The summed E-state index contributed by atoms with van der Waals surface area (Å²) in [5, 5.41) is 0. The van der Waals surface area contributed by atoms with Gasteiger partial charge >= 0.3 is 23.9 Å². The maximum absolute atomic E-state index is 12.3. The van der Waals surface area contributed by atoms with Crippen LogP contribution in [0.15, 0.2) is 60.7 Å². The molecule has 2 unspecified atom stereocenters. The number of carbonyl (C=O) groups is 4. The number of ether oxygens (including phenoxy) is 2. The second-order valence-electron chi connectivity index (χ2n) is 5.95. The molecule has 0 aliphatic heterocycles. The van der Waals surface area contributed by atoms with E-state index in [-0.39, 0.29) is 17.5 Å². The topological polar surface area (TPSA) is 86.7 Å². The predicted octanol–water partition coefficient (Wildman–Crippen LogP) is 3.42. The lowest BCUT2D eigenvalue weighted by molar-refractivity contribution is -0.154. The molecule has 0 N–H and O–H groups in total. The van der Waals surface area contributed by atoms with Gasteiger partial charge in [-0.2, -0.15) is 0 Å². The summed E-state index contributed by atoms with van der Waals surface area (Å²) in [5.41, 5.74) is 0.461. The van der Waals surface area contributed by atoms with E-state index in [2.05, 4.69) is 0 Å². The van der Waals surface area contributed by atoms with E-state index in [1.54, 1.807) is 43.3 Å². The van der Waals surface area contributed by atoms with E-state index in [9.17, 15) is 19.2 Å². The fourth-order valence-electron chi connectivity index (χ4n) is 2.51. The molecule has 0 aliphatic rings. The van der Waals surface area contributed by atoms with Crippen LogP contribution in [0.1, 0.15) is 41.0 Å². The Kier molecular flexibility index (Phi) is 7.00. The third-order valence-corrected chi connectivity index (χ3v) is 4.12. The quantitative estimate of drug-likeness (QED) is 0.574. The lowest BCUT2D eigenvalue weighted by atomic mass is 9.91. The van der Waals surface area contributed by atoms with Gasteiger partial charge in [-0.05, 0) is 30.7 Å². The van der Waals surface area contributed by atoms with Crippen LogP contribution in [-0.2, 0) is 19.1 Å². The molecule has 2 atom stereocenters. The lowest BCUT2D eigenvalue weighted by Gasteiger charge is -2.18. The van der Waals surface area contributed by atoms with Crippen LogP contribution < -0.4 is 0 Å². The molecule has 6 nitrogen and oxygen atoms in total. The average Bonchev–Trinajstić information content (AvgIpc) is 2.69. The van der Waals surface area contributed by atoms with Crippen molar-refractivity contribution in [2.45, 2.75) is 20.3 Å². The van der Waals surface area contributed by atoms with E-state index in [0.29, 0.717) is 0 Å². The van der Waals surface area contributed by atoms with Gasteiger partial charge < -0.3 is 9.47 Å². The van der Waals surface area contributed by atoms with Gasteiger partial charge in [-0.25, -0.2) is 9.59 Å². The summed E-state index contributed by atoms with van der Waals surface area (Å²) in [6.45, 7) is 3.14. The highest BCUT2D eigenvalue weighted by molar-refractivity contribution is 6.00. The molecule has 0 heterocycles. The summed E-state index contributed by atoms with van der Waals surface area (Å²) in [6, 6.07) is 16.1. The van der Waals surface area contributed by atoms with Crippen LogP contribution in [0.3, 0.4) is 0 Å². The smallest absolute Gasteiger partial charge is 0.345 e. The van der Waals surface area contributed by atoms with Crippen molar-refractivity contribution in [1.29, 1.82) is 0 Å². The molecule has 0 radical (unpaired) electrons. The molecular formula is C21H20O6. The van der Waals surface area contributed by atoms with Gasteiger partial charge in [-0.15, -0.1) is 0 Å². The van der Waals surface area contributed by atoms with Gasteiger partial charge in [0.2, 0.25) is 0 Å². The van der Waals surface area contributed by atoms with E-state index < -0.39 is 35.7 Å². The van der Waals surface area contributed by atoms with Gasteiger partial charge in [-0.1, -0.05) is 50.2 Å². The van der Waals surface area contributed by atoms with Crippen molar-refractivity contribution in [1.82, 2.24) is 0 Å². The standard InChI is InChI=1S/C21H20O6/c1-3-17(21(25)27-20(24)16-12-8-5-9-13-16)14(2)18(22)26-19(23)15-10-6-4-7-11-15/h4-14,17H,3H2,1-2H3. The molecular weight excluding hydrogens is 348 g/mol. The monoisotopic (exact) mass is 368 g/mol. The molecule has 2 rings (SSSR count). The van der Waals surface area contributed by atoms with Crippen LogP contribution in [0, 0.1) is 11.8 Å². The Labute approximate surface area is 157 Å². The molecule has 2 aromatic rings. The molecule has 0 saturated heterocycles. The Morgan fingerprint density at radius 2 is 1.15 bits per heavy atom. The van der Waals surface area contributed by atoms with Gasteiger partial charge in [0.05, 0.1) is 23.0 Å². The molecule has 27 heavy (non-hydrogen) atoms. The van der Waals surface area contributed by atoms with Crippen molar-refractivity contribution in [3.63, 3.8) is 0 Å². The summed E-state index contributed by atoms with van der Waals surface area (Å²) in [4.78, 5) is 48.6. The fraction of sp³-hybridized carbons (Fsp3) is 0.238. The second kappa shape index (κ2) is 9.43. The number of carbonyl (C=O) groups excluding carboxylic acids is 4. The van der Waals surface area contributed by atoms with Gasteiger partial charge in [0, 0.05) is 0 Å². The Bertz CT molecular complexity index is 813. The number of hydrogen-bond donors (Lipinski definition) is 0. The van der Waals surface area contributed by atoms with E-state index in [4.69, 9.17) is 9.47 Å². The minimum atomic E-state index is -0.946. The number of hydrogen-bond acceptors (Lipinski definition) is 6. The summed E-state index contributed by atoms with van der Waals surface area (Å²) < 4.78 is 9.73. The first kappa shape index (κ1) is 20.0. The zero-order chi connectivity index (χ0) is 19.8. The molecule has 0 saturated carbocycles. The first-order chi connectivity index (χ1) is 12.9. The summed E-state index contributed by atoms with van der Waals surface area (Å²) >= 11 is 0. The average molecular weight is 368 g/mol. The predicted molar refractivity (Wildman–Crippen MR) is 96.7 cm³/mol. The van der Waals surface area contributed by atoms with Gasteiger partial charge in [0.15, 0.2) is 0 Å². The van der Waals surface area contributed by atoms with Crippen molar-refractivity contribution < 1.29 is 28.7 Å². The Balaban J connectivity index is 2.00. The number of esters is 4. The van der Waals surface area contributed by atoms with E-state index in [0.717, 1.165) is 0 Å². The molecule has 0 aliphatic carbocycles. The lowest BCUT2D eigenvalue weighted by Crippen LogP contribution is -2.32. The zero-order valence-corrected chi connectivity index (χ0v) is 15.1. The second-order valence-corrected chi connectivity index (χ2v) is 5.95. The van der Waals surface area contributed by atoms with Gasteiger partial charge in [0.25, 0.3) is 0 Å². The first-order valence-electron chi connectivity index (χ1n) is 8.56. The minimum Gasteiger partial charge on any atom is -0.389 e. The largest absolute Gasteiger partial charge is 0.389 e. The highest BCUT2D eigenvalue weighted by Gasteiger charge is 2.33. The third kappa shape index (κ3) is 5.34. The van der Waals surface area contributed by atoms with Crippen molar-refractivity contribution in [2.75, 3.05) is 0 Å². The molecule has 0 bridgehead atoms. The van der Waals surface area contributed by atoms with Gasteiger partial charge in [-0.3, -0.25) is 9.59 Å². The van der Waals surface area contributed by atoms with Crippen LogP contribution in [0.25, 0.3) is 0 Å². The molecule has 0 amide bonds. The summed E-state index contributed by atoms with van der Waals surface area (Å²) in [5.74, 6) is -5.12. The Hall–Kier alpha value is -3.28. The number of rotatable bonds is 6. The molecule has 0 fully saturated rings. The number of benzene rings is 2. The maximum Gasteiger partial charge on any atom is 0.345 e. The SMILES string of the molecule is CCC(C(=O)OC(=O)c1ccccc1)C(C)C(=O)OC(=O)c1ccccc1. The van der Waals surface area contributed by atoms with Crippen LogP contribution in [0.5, 0.6) is 0 Å². The van der Waals surface area contributed by atoms with E-state index in [1.165, 1.54) is 31.2 Å². The minimum absolute atomic E-state index is 0.230. The summed E-state index contributed by atoms with van der Waals surface area (Å²) in [6.07, 6.45) is 0.247. The first-order valence-corrected chi connectivity index (χ1v) is 8.56. The molecule has 2 aromatic carbocycles. The van der Waals surface area contributed by atoms with Crippen LogP contribution in [0.4, 0.5) is 0 Å². The third-order valence-electron chi connectivity index (χ3n) is 4.12. The highest BCUT2D eigenvalue weighted by atomic mass is 16.6. The normalized spacial score (nSPS) is 12.5. The van der Waals surface area contributed by atoms with Crippen LogP contribution >= 0.6 is 0 Å². The summed E-state index contributed by atoms with van der Waals surface area (Å²) in [7, 11) is 0. The van der Waals surface area contributed by atoms with Crippen LogP contribution in [-0.4, -0.2) is 23.9 Å². The molecule has 140 valence electrons. The van der Waals surface area contributed by atoms with Gasteiger partial charge in [0.1, 0.15) is 0 Å². The van der Waals surface area contributed by atoms with Crippen LogP contribution in [0.2, 0.25) is 0 Å². The molecule has 0 spiro atoms.